The van der Waals surface area contributed by atoms with Crippen LogP contribution in [0.1, 0.15) is 51.8 Å². The van der Waals surface area contributed by atoms with Gasteiger partial charge < -0.3 is 15.0 Å². The second kappa shape index (κ2) is 10.3. The van der Waals surface area contributed by atoms with Gasteiger partial charge in [-0.05, 0) is 37.8 Å². The van der Waals surface area contributed by atoms with E-state index in [1.54, 1.807) is 32.7 Å². The molecule has 5 nitrogen and oxygen atoms in total. The normalized spacial score (nSPS) is 13.4. The monoisotopic (exact) mass is 410 g/mol. The lowest BCUT2D eigenvalue weighted by Gasteiger charge is -2.34. The summed E-state index contributed by atoms with van der Waals surface area (Å²) in [4.78, 5) is 27.7. The average molecular weight is 411 g/mol. The Labute approximate surface area is 180 Å². The van der Waals surface area contributed by atoms with Crippen LogP contribution in [0.4, 0.5) is 4.79 Å². The third kappa shape index (κ3) is 6.90. The molecule has 0 aliphatic rings. The molecule has 0 heterocycles. The zero-order valence-electron chi connectivity index (χ0n) is 18.9. The summed E-state index contributed by atoms with van der Waals surface area (Å²) in [5, 5.41) is 2.80. The molecule has 0 aliphatic carbocycles. The van der Waals surface area contributed by atoms with Crippen LogP contribution in [-0.2, 0) is 16.0 Å². The molecule has 2 aromatic carbocycles. The van der Waals surface area contributed by atoms with E-state index in [0.29, 0.717) is 6.42 Å². The number of rotatable bonds is 7. The number of alkyl carbamates (subject to hydrolysis) is 1. The maximum atomic E-state index is 13.5. The molecule has 2 aromatic rings. The summed E-state index contributed by atoms with van der Waals surface area (Å²) in [6.07, 6.45) is -0.200. The second-order valence-electron chi connectivity index (χ2n) is 8.94. The molecule has 0 aromatic heterocycles. The number of hydrogen-bond donors (Lipinski definition) is 1. The number of likely N-dealkylation sites (N-methyl/N-ethyl adjacent to an activating group) is 1. The lowest BCUT2D eigenvalue weighted by Crippen LogP contribution is -2.51. The predicted octanol–water partition coefficient (Wildman–Crippen LogP) is 4.98. The van der Waals surface area contributed by atoms with Crippen LogP contribution in [0, 0.1) is 5.92 Å². The molecule has 2 atom stereocenters. The van der Waals surface area contributed by atoms with Gasteiger partial charge in [0.15, 0.2) is 0 Å². The Morgan fingerprint density at radius 3 is 2.00 bits per heavy atom. The van der Waals surface area contributed by atoms with Crippen LogP contribution in [-0.4, -0.2) is 35.6 Å². The van der Waals surface area contributed by atoms with Gasteiger partial charge in [-0.2, -0.15) is 0 Å². The summed E-state index contributed by atoms with van der Waals surface area (Å²) in [6, 6.07) is 18.8. The predicted molar refractivity (Wildman–Crippen MR) is 120 cm³/mol. The average Bonchev–Trinajstić information content (AvgIpc) is 2.67. The van der Waals surface area contributed by atoms with Gasteiger partial charge in [0, 0.05) is 13.5 Å². The standard InChI is InChI=1S/C25H34N2O3/c1-18(2)22(20-15-11-8-12-16-20)27(6)23(28)21(17-19-13-9-7-10-14-19)26-24(29)30-25(3,4)5/h7-16,18,21-22H,17H2,1-6H3,(H,26,29)/t21-,22?/m0/s1. The van der Waals surface area contributed by atoms with Crippen molar-refractivity contribution in [3.8, 4) is 0 Å². The Morgan fingerprint density at radius 1 is 0.967 bits per heavy atom. The minimum Gasteiger partial charge on any atom is -0.444 e. The zero-order valence-corrected chi connectivity index (χ0v) is 18.9. The number of carbonyl (C=O) groups is 2. The third-order valence-corrected chi connectivity index (χ3v) is 4.81. The van der Waals surface area contributed by atoms with Crippen LogP contribution >= 0.6 is 0 Å². The quantitative estimate of drug-likeness (QED) is 0.700. The number of carbonyl (C=O) groups excluding carboxylic acids is 2. The highest BCUT2D eigenvalue weighted by molar-refractivity contribution is 5.86. The fourth-order valence-corrected chi connectivity index (χ4v) is 3.59. The van der Waals surface area contributed by atoms with Crippen molar-refractivity contribution in [3.05, 3.63) is 71.8 Å². The minimum absolute atomic E-state index is 0.0996. The number of ether oxygens (including phenoxy) is 1. The maximum absolute atomic E-state index is 13.5. The molecule has 0 bridgehead atoms. The van der Waals surface area contributed by atoms with Crippen LogP contribution in [0.15, 0.2) is 60.7 Å². The topological polar surface area (TPSA) is 58.6 Å². The van der Waals surface area contributed by atoms with Gasteiger partial charge in [-0.15, -0.1) is 0 Å². The molecule has 1 N–H and O–H groups in total. The Hall–Kier alpha value is -2.82. The molecule has 0 aliphatic heterocycles. The third-order valence-electron chi connectivity index (χ3n) is 4.81. The van der Waals surface area contributed by atoms with Gasteiger partial charge in [0.2, 0.25) is 5.91 Å². The smallest absolute Gasteiger partial charge is 0.408 e. The number of nitrogens with zero attached hydrogens (tertiary/aromatic N) is 1. The largest absolute Gasteiger partial charge is 0.444 e. The molecule has 0 saturated carbocycles. The van der Waals surface area contributed by atoms with E-state index in [4.69, 9.17) is 4.74 Å². The first kappa shape index (κ1) is 23.5. The van der Waals surface area contributed by atoms with E-state index in [0.717, 1.165) is 11.1 Å². The van der Waals surface area contributed by atoms with Crippen LogP contribution < -0.4 is 5.32 Å². The van der Waals surface area contributed by atoms with E-state index in [1.165, 1.54) is 0 Å². The first-order valence-electron chi connectivity index (χ1n) is 10.4. The van der Waals surface area contributed by atoms with Crippen molar-refractivity contribution < 1.29 is 14.3 Å². The fraction of sp³-hybridized carbons (Fsp3) is 0.440. The van der Waals surface area contributed by atoms with Crippen molar-refractivity contribution in [2.45, 2.75) is 58.7 Å². The molecular weight excluding hydrogens is 376 g/mol. The molecule has 2 rings (SSSR count). The van der Waals surface area contributed by atoms with Gasteiger partial charge in [-0.1, -0.05) is 74.5 Å². The molecule has 2 amide bonds. The van der Waals surface area contributed by atoms with Gasteiger partial charge in [0.25, 0.3) is 0 Å². The highest BCUT2D eigenvalue weighted by atomic mass is 16.6. The summed E-state index contributed by atoms with van der Waals surface area (Å²) in [7, 11) is 1.80. The zero-order chi connectivity index (χ0) is 22.3. The summed E-state index contributed by atoms with van der Waals surface area (Å²) in [5.74, 6) is 0.0625. The van der Waals surface area contributed by atoms with Crippen molar-refractivity contribution in [1.82, 2.24) is 10.2 Å². The second-order valence-corrected chi connectivity index (χ2v) is 8.94. The van der Waals surface area contributed by atoms with Crippen molar-refractivity contribution in [1.29, 1.82) is 0 Å². The Morgan fingerprint density at radius 2 is 1.50 bits per heavy atom. The first-order valence-corrected chi connectivity index (χ1v) is 10.4. The van der Waals surface area contributed by atoms with Crippen LogP contribution in [0.3, 0.4) is 0 Å². The maximum Gasteiger partial charge on any atom is 0.408 e. The summed E-state index contributed by atoms with van der Waals surface area (Å²) in [5.41, 5.74) is 1.40. The molecule has 0 spiro atoms. The molecule has 162 valence electrons. The molecule has 1 unspecified atom stereocenters. The van der Waals surface area contributed by atoms with Crippen LogP contribution in [0.2, 0.25) is 0 Å². The summed E-state index contributed by atoms with van der Waals surface area (Å²) < 4.78 is 5.41. The van der Waals surface area contributed by atoms with E-state index in [2.05, 4.69) is 19.2 Å². The Bertz CT molecular complexity index is 813. The van der Waals surface area contributed by atoms with Crippen LogP contribution in [0.25, 0.3) is 0 Å². The molecule has 0 fully saturated rings. The van der Waals surface area contributed by atoms with E-state index in [-0.39, 0.29) is 17.9 Å². The molecule has 30 heavy (non-hydrogen) atoms. The molecule has 5 heteroatoms. The van der Waals surface area contributed by atoms with Gasteiger partial charge in [-0.25, -0.2) is 4.79 Å². The van der Waals surface area contributed by atoms with E-state index < -0.39 is 17.7 Å². The lowest BCUT2D eigenvalue weighted by molar-refractivity contribution is -0.135. The van der Waals surface area contributed by atoms with Gasteiger partial charge in [0.1, 0.15) is 11.6 Å². The van der Waals surface area contributed by atoms with E-state index in [9.17, 15) is 9.59 Å². The molecule has 0 radical (unpaired) electrons. The lowest BCUT2D eigenvalue weighted by atomic mass is 9.93. The van der Waals surface area contributed by atoms with E-state index in [1.807, 2.05) is 60.7 Å². The fourth-order valence-electron chi connectivity index (χ4n) is 3.59. The highest BCUT2D eigenvalue weighted by Crippen LogP contribution is 2.28. The van der Waals surface area contributed by atoms with Crippen LogP contribution in [0.5, 0.6) is 0 Å². The van der Waals surface area contributed by atoms with Gasteiger partial charge >= 0.3 is 6.09 Å². The first-order chi connectivity index (χ1) is 14.1. The number of amides is 2. The molecular formula is C25H34N2O3. The van der Waals surface area contributed by atoms with Crippen molar-refractivity contribution in [2.24, 2.45) is 5.92 Å². The van der Waals surface area contributed by atoms with Gasteiger partial charge in [-0.3, -0.25) is 4.79 Å². The summed E-state index contributed by atoms with van der Waals surface area (Å²) >= 11 is 0. The number of nitrogens with one attached hydrogen (secondary N) is 1. The number of hydrogen-bond acceptors (Lipinski definition) is 3. The Balaban J connectivity index is 2.28. The summed E-state index contributed by atoms with van der Waals surface area (Å²) in [6.45, 7) is 9.59. The van der Waals surface area contributed by atoms with E-state index >= 15 is 0 Å². The highest BCUT2D eigenvalue weighted by Gasteiger charge is 2.32. The van der Waals surface area contributed by atoms with Crippen molar-refractivity contribution in [3.63, 3.8) is 0 Å². The number of benzene rings is 2. The van der Waals surface area contributed by atoms with Crippen molar-refractivity contribution in [2.75, 3.05) is 7.05 Å². The SMILES string of the molecule is CC(C)C(c1ccccc1)N(C)C(=O)[C@H](Cc1ccccc1)NC(=O)OC(C)(C)C. The Kier molecular flexibility index (Phi) is 8.04. The van der Waals surface area contributed by atoms with Gasteiger partial charge in [0.05, 0.1) is 6.04 Å². The van der Waals surface area contributed by atoms with Crippen molar-refractivity contribution >= 4 is 12.0 Å². The minimum atomic E-state index is -0.725. The molecule has 0 saturated heterocycles.